The second-order valence-corrected chi connectivity index (χ2v) is 4.22. The quantitative estimate of drug-likeness (QED) is 0.768. The molecule has 2 heterocycles. The summed E-state index contributed by atoms with van der Waals surface area (Å²) in [4.78, 5) is 18.8. The van der Waals surface area contributed by atoms with Crippen LogP contribution >= 0.6 is 0 Å². The van der Waals surface area contributed by atoms with Crippen molar-refractivity contribution < 1.29 is 4.42 Å². The number of nitrogens with zero attached hydrogens (tertiary/aromatic N) is 2. The smallest absolute Gasteiger partial charge is 0.271 e. The summed E-state index contributed by atoms with van der Waals surface area (Å²) in [5.74, 6) is 0.616. The summed E-state index contributed by atoms with van der Waals surface area (Å²) >= 11 is 0. The Morgan fingerprint density at radius 1 is 1.19 bits per heavy atom. The fourth-order valence-corrected chi connectivity index (χ4v) is 1.89. The molecule has 0 spiro atoms. The number of benzene rings is 1. The van der Waals surface area contributed by atoms with E-state index in [0.29, 0.717) is 5.76 Å². The number of H-pyrrole nitrogens is 1. The number of nitriles is 1. The van der Waals surface area contributed by atoms with Crippen LogP contribution in [0.15, 0.2) is 57.9 Å². The van der Waals surface area contributed by atoms with Gasteiger partial charge in [-0.2, -0.15) is 5.26 Å². The van der Waals surface area contributed by atoms with Crippen LogP contribution in [0.5, 0.6) is 0 Å². The standard InChI is InChI=1S/C15H10N4O2/c16-9-11-13(12-7-4-8-21-12)18-15(19-14(11)20)17-10-5-2-1-3-6-10/h1-8H,(H2,17,18,19,20). The second-order valence-electron chi connectivity index (χ2n) is 4.22. The molecule has 0 amide bonds. The highest BCUT2D eigenvalue weighted by atomic mass is 16.3. The third-order valence-corrected chi connectivity index (χ3v) is 2.82. The van der Waals surface area contributed by atoms with Crippen molar-refractivity contribution in [3.63, 3.8) is 0 Å². The van der Waals surface area contributed by atoms with E-state index in [4.69, 9.17) is 9.68 Å². The van der Waals surface area contributed by atoms with E-state index in [1.165, 1.54) is 6.26 Å². The number of para-hydroxylation sites is 1. The van der Waals surface area contributed by atoms with Crippen molar-refractivity contribution in [1.82, 2.24) is 9.97 Å². The zero-order valence-corrected chi connectivity index (χ0v) is 10.8. The number of hydrogen-bond donors (Lipinski definition) is 2. The Morgan fingerprint density at radius 3 is 2.67 bits per heavy atom. The van der Waals surface area contributed by atoms with Crippen molar-refractivity contribution in [2.45, 2.75) is 0 Å². The Morgan fingerprint density at radius 2 is 2.00 bits per heavy atom. The number of aromatic amines is 1. The van der Waals surface area contributed by atoms with Crippen molar-refractivity contribution in [3.05, 3.63) is 64.6 Å². The van der Waals surface area contributed by atoms with E-state index in [-0.39, 0.29) is 17.2 Å². The molecule has 2 N–H and O–H groups in total. The fourth-order valence-electron chi connectivity index (χ4n) is 1.89. The number of furan rings is 1. The summed E-state index contributed by atoms with van der Waals surface area (Å²) in [7, 11) is 0. The van der Waals surface area contributed by atoms with Crippen molar-refractivity contribution in [3.8, 4) is 17.5 Å². The molecule has 0 bridgehead atoms. The van der Waals surface area contributed by atoms with Gasteiger partial charge in [-0.3, -0.25) is 9.78 Å². The van der Waals surface area contributed by atoms with Gasteiger partial charge in [0.2, 0.25) is 5.95 Å². The summed E-state index contributed by atoms with van der Waals surface area (Å²) in [6, 6.07) is 14.4. The van der Waals surface area contributed by atoms with E-state index >= 15 is 0 Å². The van der Waals surface area contributed by atoms with Crippen LogP contribution in [0.3, 0.4) is 0 Å². The third-order valence-electron chi connectivity index (χ3n) is 2.82. The van der Waals surface area contributed by atoms with Crippen LogP contribution in [0.1, 0.15) is 5.56 Å². The Kier molecular flexibility index (Phi) is 3.23. The Balaban J connectivity index is 2.08. The minimum Gasteiger partial charge on any atom is -0.463 e. The average Bonchev–Trinajstić information content (AvgIpc) is 3.02. The molecule has 3 aromatic rings. The first-order valence-electron chi connectivity index (χ1n) is 6.18. The van der Waals surface area contributed by atoms with E-state index < -0.39 is 5.56 Å². The van der Waals surface area contributed by atoms with Crippen LogP contribution in [0.4, 0.5) is 11.6 Å². The summed E-state index contributed by atoms with van der Waals surface area (Å²) in [6.45, 7) is 0. The van der Waals surface area contributed by atoms with Gasteiger partial charge < -0.3 is 9.73 Å². The summed E-state index contributed by atoms with van der Waals surface area (Å²) in [5.41, 5.74) is 0.390. The van der Waals surface area contributed by atoms with Crippen LogP contribution in [0.2, 0.25) is 0 Å². The third kappa shape index (κ3) is 2.53. The number of rotatable bonds is 3. The van der Waals surface area contributed by atoms with Gasteiger partial charge in [0, 0.05) is 5.69 Å². The second kappa shape index (κ2) is 5.35. The zero-order valence-electron chi connectivity index (χ0n) is 10.8. The first-order chi connectivity index (χ1) is 10.3. The van der Waals surface area contributed by atoms with Crippen LogP contribution in [-0.4, -0.2) is 9.97 Å². The normalized spacial score (nSPS) is 10.0. The molecule has 1 aromatic carbocycles. The predicted molar refractivity (Wildman–Crippen MR) is 77.0 cm³/mol. The molecule has 0 saturated carbocycles. The van der Waals surface area contributed by atoms with Gasteiger partial charge >= 0.3 is 0 Å². The van der Waals surface area contributed by atoms with Crippen molar-refractivity contribution in [2.75, 3.05) is 5.32 Å². The molecule has 0 radical (unpaired) electrons. The largest absolute Gasteiger partial charge is 0.463 e. The maximum absolute atomic E-state index is 12.0. The molecule has 0 aliphatic rings. The maximum atomic E-state index is 12.0. The molecule has 0 atom stereocenters. The molecule has 0 unspecified atom stereocenters. The fraction of sp³-hybridized carbons (Fsp3) is 0. The van der Waals surface area contributed by atoms with Gasteiger partial charge in [-0.1, -0.05) is 18.2 Å². The minimum absolute atomic E-state index is 0.0800. The van der Waals surface area contributed by atoms with Crippen molar-refractivity contribution >= 4 is 11.6 Å². The number of aromatic nitrogens is 2. The molecular weight excluding hydrogens is 268 g/mol. The van der Waals surface area contributed by atoms with E-state index in [9.17, 15) is 4.79 Å². The maximum Gasteiger partial charge on any atom is 0.271 e. The van der Waals surface area contributed by atoms with Crippen LogP contribution in [0.25, 0.3) is 11.5 Å². The molecule has 6 nitrogen and oxygen atoms in total. The van der Waals surface area contributed by atoms with E-state index in [0.717, 1.165) is 5.69 Å². The van der Waals surface area contributed by atoms with Crippen LogP contribution in [-0.2, 0) is 0 Å². The molecule has 0 fully saturated rings. The number of nitrogens with one attached hydrogen (secondary N) is 2. The highest BCUT2D eigenvalue weighted by Gasteiger charge is 2.15. The zero-order chi connectivity index (χ0) is 14.7. The lowest BCUT2D eigenvalue weighted by Gasteiger charge is -2.07. The lowest BCUT2D eigenvalue weighted by atomic mass is 10.2. The van der Waals surface area contributed by atoms with Gasteiger partial charge in [-0.05, 0) is 24.3 Å². The van der Waals surface area contributed by atoms with Crippen molar-refractivity contribution in [2.24, 2.45) is 0 Å². The van der Waals surface area contributed by atoms with E-state index in [1.807, 2.05) is 36.4 Å². The highest BCUT2D eigenvalue weighted by Crippen LogP contribution is 2.21. The van der Waals surface area contributed by atoms with Gasteiger partial charge in [-0.15, -0.1) is 0 Å². The first-order valence-corrected chi connectivity index (χ1v) is 6.18. The van der Waals surface area contributed by atoms with E-state index in [2.05, 4.69) is 15.3 Å². The van der Waals surface area contributed by atoms with E-state index in [1.54, 1.807) is 12.1 Å². The number of anilines is 2. The topological polar surface area (TPSA) is 94.7 Å². The lowest BCUT2D eigenvalue weighted by Crippen LogP contribution is -2.15. The molecule has 2 aromatic heterocycles. The molecule has 6 heteroatoms. The molecule has 0 aliphatic heterocycles. The van der Waals surface area contributed by atoms with Gasteiger partial charge in [0.15, 0.2) is 5.76 Å². The van der Waals surface area contributed by atoms with Crippen LogP contribution in [0, 0.1) is 11.3 Å². The molecule has 0 aliphatic carbocycles. The Bertz CT molecular complexity index is 846. The predicted octanol–water partition coefficient (Wildman–Crippen LogP) is 2.65. The van der Waals surface area contributed by atoms with Crippen LogP contribution < -0.4 is 10.9 Å². The molecule has 102 valence electrons. The average molecular weight is 278 g/mol. The monoisotopic (exact) mass is 278 g/mol. The van der Waals surface area contributed by atoms with Gasteiger partial charge in [0.25, 0.3) is 5.56 Å². The van der Waals surface area contributed by atoms with Gasteiger partial charge in [-0.25, -0.2) is 4.98 Å². The minimum atomic E-state index is -0.516. The highest BCUT2D eigenvalue weighted by molar-refractivity contribution is 5.64. The Hall–Kier alpha value is -3.33. The lowest BCUT2D eigenvalue weighted by molar-refractivity contribution is 0.579. The molecular formula is C15H10N4O2. The Labute approximate surface area is 119 Å². The number of hydrogen-bond acceptors (Lipinski definition) is 5. The first kappa shape index (κ1) is 12.7. The molecule has 21 heavy (non-hydrogen) atoms. The van der Waals surface area contributed by atoms with Crippen molar-refractivity contribution in [1.29, 1.82) is 5.26 Å². The van der Waals surface area contributed by atoms with Gasteiger partial charge in [0.05, 0.1) is 6.26 Å². The summed E-state index contributed by atoms with van der Waals surface area (Å²) in [6.07, 6.45) is 1.46. The summed E-state index contributed by atoms with van der Waals surface area (Å²) < 4.78 is 5.23. The molecule has 0 saturated heterocycles. The molecule has 3 rings (SSSR count). The summed E-state index contributed by atoms with van der Waals surface area (Å²) in [5, 5.41) is 12.1. The SMILES string of the molecule is N#Cc1c(-c2ccco2)nc(Nc2ccccc2)[nH]c1=O. The van der Waals surface area contributed by atoms with Gasteiger partial charge in [0.1, 0.15) is 17.3 Å².